The smallest absolute Gasteiger partial charge is 0.0612 e. The fourth-order valence-corrected chi connectivity index (χ4v) is 5.78. The molecule has 30 heavy (non-hydrogen) atoms. The van der Waals surface area contributed by atoms with E-state index < -0.39 is 0 Å². The van der Waals surface area contributed by atoms with Gasteiger partial charge in [-0.25, -0.2) is 0 Å². The van der Waals surface area contributed by atoms with Crippen LogP contribution in [0.5, 0.6) is 0 Å². The Morgan fingerprint density at radius 3 is 0.967 bits per heavy atom. The van der Waals surface area contributed by atoms with E-state index in [9.17, 15) is 0 Å². The van der Waals surface area contributed by atoms with Gasteiger partial charge in [0.25, 0.3) is 0 Å². The molecule has 0 atom stereocenters. The molecule has 3 heterocycles. The molecule has 0 saturated heterocycles. The fourth-order valence-electron chi connectivity index (χ4n) is 5.78. The second-order valence-corrected chi connectivity index (χ2v) is 8.40. The Kier molecular flexibility index (Phi) is 2.82. The highest BCUT2D eigenvalue weighted by Gasteiger charge is 2.24. The van der Waals surface area contributed by atoms with Crippen molar-refractivity contribution in [2.45, 2.75) is 0 Å². The van der Waals surface area contributed by atoms with Crippen LogP contribution in [0.4, 0.5) is 0 Å². The zero-order valence-corrected chi connectivity index (χ0v) is 17.3. The summed E-state index contributed by atoms with van der Waals surface area (Å²) in [5.74, 6) is 0. The normalized spacial score (nSPS) is 12.5. The molecule has 0 aliphatic carbocycles. The van der Waals surface area contributed by atoms with E-state index in [1.165, 1.54) is 65.4 Å². The second-order valence-electron chi connectivity index (χ2n) is 8.40. The summed E-state index contributed by atoms with van der Waals surface area (Å²) in [5.41, 5.74) is 7.79. The van der Waals surface area contributed by atoms with Crippen molar-refractivity contribution in [3.05, 3.63) is 72.8 Å². The monoisotopic (exact) mass is 387 g/mol. The van der Waals surface area contributed by atoms with Crippen molar-refractivity contribution >= 4 is 65.4 Å². The Morgan fingerprint density at radius 2 is 0.667 bits per heavy atom. The predicted molar refractivity (Wildman–Crippen MR) is 128 cm³/mol. The van der Waals surface area contributed by atoms with E-state index in [2.05, 4.69) is 108 Å². The van der Waals surface area contributed by atoms with E-state index in [-0.39, 0.29) is 0 Å². The van der Waals surface area contributed by atoms with Gasteiger partial charge in [-0.05, 0) is 18.2 Å². The average molecular weight is 387 g/mol. The Hall–Kier alpha value is -3.72. The van der Waals surface area contributed by atoms with Crippen molar-refractivity contribution in [1.29, 1.82) is 0 Å². The Bertz CT molecular complexity index is 1580. The van der Waals surface area contributed by atoms with E-state index in [0.717, 1.165) is 0 Å². The van der Waals surface area contributed by atoms with Gasteiger partial charge in [0.1, 0.15) is 0 Å². The first-order valence-corrected chi connectivity index (χ1v) is 10.4. The molecule has 0 amide bonds. The van der Waals surface area contributed by atoms with E-state index >= 15 is 0 Å². The largest absolute Gasteiger partial charge is 0.343 e. The number of hydrogen-bond acceptors (Lipinski definition) is 0. The average Bonchev–Trinajstić information content (AvgIpc) is 3.36. The van der Waals surface area contributed by atoms with Crippen LogP contribution >= 0.6 is 0 Å². The third kappa shape index (κ3) is 1.65. The molecule has 4 aromatic carbocycles. The number of rotatable bonds is 0. The second kappa shape index (κ2) is 5.25. The predicted octanol–water partition coefficient (Wildman–Crippen LogP) is 6.62. The number of aryl methyl sites for hydroxylation is 3. The van der Waals surface area contributed by atoms with Gasteiger partial charge >= 0.3 is 0 Å². The third-order valence-corrected chi connectivity index (χ3v) is 7.03. The van der Waals surface area contributed by atoms with Crippen LogP contribution in [0.15, 0.2) is 72.8 Å². The van der Waals surface area contributed by atoms with Crippen LogP contribution < -0.4 is 0 Å². The van der Waals surface area contributed by atoms with Gasteiger partial charge in [-0.3, -0.25) is 0 Å². The summed E-state index contributed by atoms with van der Waals surface area (Å²) in [4.78, 5) is 0. The van der Waals surface area contributed by atoms with Crippen LogP contribution in [0.3, 0.4) is 0 Å². The Morgan fingerprint density at radius 1 is 0.400 bits per heavy atom. The summed E-state index contributed by atoms with van der Waals surface area (Å²) in [6.07, 6.45) is 0. The van der Waals surface area contributed by atoms with Gasteiger partial charge in [0.05, 0.1) is 16.6 Å². The summed E-state index contributed by atoms with van der Waals surface area (Å²) in [7, 11) is 6.63. The first-order valence-electron chi connectivity index (χ1n) is 10.4. The maximum Gasteiger partial charge on any atom is 0.0612 e. The fraction of sp³-hybridized carbons (Fsp3) is 0.111. The van der Waals surface area contributed by atoms with Gasteiger partial charge in [0.15, 0.2) is 0 Å². The molecular weight excluding hydrogens is 366 g/mol. The molecule has 3 aromatic heterocycles. The molecule has 0 aliphatic heterocycles. The molecule has 0 spiro atoms. The summed E-state index contributed by atoms with van der Waals surface area (Å²) < 4.78 is 7.16. The van der Waals surface area contributed by atoms with Crippen LogP contribution in [0.25, 0.3) is 65.4 Å². The van der Waals surface area contributed by atoms with Crippen molar-refractivity contribution in [1.82, 2.24) is 13.7 Å². The quantitative estimate of drug-likeness (QED) is 0.278. The molecule has 0 bridgehead atoms. The molecule has 0 fully saturated rings. The van der Waals surface area contributed by atoms with Crippen LogP contribution in [0.2, 0.25) is 0 Å². The van der Waals surface area contributed by atoms with E-state index in [1.54, 1.807) is 0 Å². The molecule has 3 heteroatoms. The van der Waals surface area contributed by atoms with Crippen LogP contribution in [-0.4, -0.2) is 13.7 Å². The van der Waals surface area contributed by atoms with Gasteiger partial charge in [0.2, 0.25) is 0 Å². The molecule has 144 valence electrons. The Labute approximate surface area is 173 Å². The zero-order valence-electron chi connectivity index (χ0n) is 17.3. The molecule has 0 aliphatic rings. The van der Waals surface area contributed by atoms with Gasteiger partial charge in [-0.2, -0.15) is 0 Å². The maximum absolute atomic E-state index is 2.39. The number of nitrogens with zero attached hydrogens (tertiary/aromatic N) is 3. The SMILES string of the molecule is Cn1c2ccccc2c2c1c1c3ccccc3n(C)c1c1c3ccccc3n(C)c21. The first-order chi connectivity index (χ1) is 14.7. The van der Waals surface area contributed by atoms with Crippen LogP contribution in [0, 0.1) is 0 Å². The highest BCUT2D eigenvalue weighted by atomic mass is 15.0. The molecule has 0 unspecified atom stereocenters. The summed E-state index contributed by atoms with van der Waals surface area (Å²) in [6.45, 7) is 0. The molecule has 7 rings (SSSR count). The molecule has 7 aromatic rings. The maximum atomic E-state index is 2.39. The minimum atomic E-state index is 1.28. The van der Waals surface area contributed by atoms with E-state index in [0.29, 0.717) is 0 Å². The third-order valence-electron chi connectivity index (χ3n) is 7.03. The highest BCUT2D eigenvalue weighted by Crippen LogP contribution is 2.46. The number of hydrogen-bond donors (Lipinski definition) is 0. The topological polar surface area (TPSA) is 14.8 Å². The zero-order chi connectivity index (χ0) is 20.1. The standard InChI is InChI=1S/C27H21N3/c1-28-19-13-7-4-10-16(19)22-25(28)23-17-11-5-8-14-20(17)29(2)27(23)24-18-12-6-9-15-21(18)30(3)26(22)24/h4-15H,1-3H3. The first kappa shape index (κ1) is 16.1. The minimum Gasteiger partial charge on any atom is -0.343 e. The minimum absolute atomic E-state index is 1.28. The highest BCUT2D eigenvalue weighted by molar-refractivity contribution is 6.39. The van der Waals surface area contributed by atoms with Crippen molar-refractivity contribution in [3.8, 4) is 0 Å². The molecule has 3 nitrogen and oxygen atoms in total. The lowest BCUT2D eigenvalue weighted by Gasteiger charge is -2.07. The molecule has 0 saturated carbocycles. The Balaban J connectivity index is 2.02. The van der Waals surface area contributed by atoms with Crippen LogP contribution in [0.1, 0.15) is 0 Å². The van der Waals surface area contributed by atoms with Crippen LogP contribution in [-0.2, 0) is 21.1 Å². The van der Waals surface area contributed by atoms with Gasteiger partial charge in [0, 0.05) is 70.0 Å². The summed E-state index contributed by atoms with van der Waals surface area (Å²) in [5, 5.41) is 8.02. The van der Waals surface area contributed by atoms with Gasteiger partial charge < -0.3 is 13.7 Å². The van der Waals surface area contributed by atoms with Crippen molar-refractivity contribution in [2.24, 2.45) is 21.1 Å². The lowest BCUT2D eigenvalue weighted by atomic mass is 10.0. The molecular formula is C27H21N3. The lowest BCUT2D eigenvalue weighted by Crippen LogP contribution is -1.92. The molecule has 0 radical (unpaired) electrons. The van der Waals surface area contributed by atoms with Gasteiger partial charge in [-0.1, -0.05) is 54.6 Å². The number of aromatic nitrogens is 3. The number of benzene rings is 4. The van der Waals surface area contributed by atoms with Crippen molar-refractivity contribution < 1.29 is 0 Å². The summed E-state index contributed by atoms with van der Waals surface area (Å²) >= 11 is 0. The van der Waals surface area contributed by atoms with Gasteiger partial charge in [-0.15, -0.1) is 0 Å². The molecule has 0 N–H and O–H groups in total. The number of fused-ring (bicyclic) bond motifs is 12. The number of para-hydroxylation sites is 3. The lowest BCUT2D eigenvalue weighted by molar-refractivity contribution is 1.00. The van der Waals surface area contributed by atoms with Crippen molar-refractivity contribution in [3.63, 3.8) is 0 Å². The van der Waals surface area contributed by atoms with E-state index in [4.69, 9.17) is 0 Å². The van der Waals surface area contributed by atoms with E-state index in [1.807, 2.05) is 0 Å². The van der Waals surface area contributed by atoms with Crippen molar-refractivity contribution in [2.75, 3.05) is 0 Å². The summed E-state index contributed by atoms with van der Waals surface area (Å²) in [6, 6.07) is 26.4.